The van der Waals surface area contributed by atoms with E-state index in [1.54, 1.807) is 0 Å². The molecule has 0 aromatic heterocycles. The number of hydrogen-bond donors (Lipinski definition) is 2. The lowest BCUT2D eigenvalue weighted by atomic mass is 10.1. The highest BCUT2D eigenvalue weighted by atomic mass is 35.5. The molecule has 3 N–H and O–H groups in total. The summed E-state index contributed by atoms with van der Waals surface area (Å²) in [6, 6.07) is 1.68. The second kappa shape index (κ2) is 5.90. The zero-order chi connectivity index (χ0) is 15.8. The van der Waals surface area contributed by atoms with Gasteiger partial charge in [-0.3, -0.25) is 4.79 Å². The summed E-state index contributed by atoms with van der Waals surface area (Å²) < 4.78 is 36.2. The highest BCUT2D eigenvalue weighted by Crippen LogP contribution is 2.36. The molecule has 1 atom stereocenters. The third-order valence-electron chi connectivity index (χ3n) is 3.59. The molecule has 8 heteroatoms. The lowest BCUT2D eigenvalue weighted by Gasteiger charge is -2.13. The van der Waals surface area contributed by atoms with Gasteiger partial charge in [-0.25, -0.2) is 17.9 Å². The summed E-state index contributed by atoms with van der Waals surface area (Å²) in [4.78, 5) is 11.6. The lowest BCUT2D eigenvalue weighted by Crippen LogP contribution is -2.29. The van der Waals surface area contributed by atoms with Crippen LogP contribution in [0.5, 0.6) is 0 Å². The molecule has 116 valence electrons. The fraction of sp³-hybridized carbons (Fsp3) is 0.462. The number of carbonyl (C=O) groups excluding carboxylic acids is 1. The van der Waals surface area contributed by atoms with E-state index < -0.39 is 31.7 Å². The minimum atomic E-state index is -4.11. The van der Waals surface area contributed by atoms with Crippen LogP contribution in [0.3, 0.4) is 0 Å². The van der Waals surface area contributed by atoms with Crippen LogP contribution in [0.1, 0.15) is 30.1 Å². The van der Waals surface area contributed by atoms with E-state index in [0.717, 1.165) is 18.9 Å². The minimum absolute atomic E-state index is 0.233. The van der Waals surface area contributed by atoms with Gasteiger partial charge in [-0.15, -0.1) is 0 Å². The maximum Gasteiger partial charge on any atom is 0.252 e. The maximum atomic E-state index is 13.6. The van der Waals surface area contributed by atoms with Gasteiger partial charge in [-0.2, -0.15) is 0 Å². The minimum Gasteiger partial charge on any atom is -0.352 e. The number of hydrogen-bond acceptors (Lipinski definition) is 3. The quantitative estimate of drug-likeness (QED) is 0.861. The van der Waals surface area contributed by atoms with Gasteiger partial charge in [0.25, 0.3) is 5.91 Å². The highest BCUT2D eigenvalue weighted by molar-refractivity contribution is 7.89. The van der Waals surface area contributed by atoms with E-state index in [-0.39, 0.29) is 5.56 Å². The van der Waals surface area contributed by atoms with Crippen molar-refractivity contribution in [1.29, 1.82) is 0 Å². The Morgan fingerprint density at radius 2 is 2.14 bits per heavy atom. The van der Waals surface area contributed by atoms with Crippen LogP contribution < -0.4 is 10.5 Å². The van der Waals surface area contributed by atoms with Crippen LogP contribution >= 0.6 is 11.6 Å². The van der Waals surface area contributed by atoms with E-state index in [2.05, 4.69) is 5.32 Å². The molecular formula is C13H16ClFN2O3S. The molecule has 2 rings (SSSR count). The molecule has 0 saturated heterocycles. The Labute approximate surface area is 127 Å². The Kier molecular flexibility index (Phi) is 4.55. The predicted octanol–water partition coefficient (Wildman–Crippen LogP) is 1.90. The molecule has 5 nitrogen and oxygen atoms in total. The Balaban J connectivity index is 2.21. The van der Waals surface area contributed by atoms with Crippen LogP contribution in [0.15, 0.2) is 17.0 Å². The average molecular weight is 335 g/mol. The molecule has 1 fully saturated rings. The number of primary sulfonamides is 1. The third kappa shape index (κ3) is 3.93. The zero-order valence-corrected chi connectivity index (χ0v) is 13.0. The van der Waals surface area contributed by atoms with E-state index in [4.69, 9.17) is 16.7 Å². The molecule has 0 bridgehead atoms. The standard InChI is InChI=1S/C13H16ClFN2O3S/c1-7(8-2-3-8)6-17-13(18)10-4-9(21(16,19)20)5-11(15)12(10)14/h4-5,7-8H,2-3,6H2,1H3,(H,17,18)(H2,16,19,20). The molecule has 21 heavy (non-hydrogen) atoms. The normalized spacial score (nSPS) is 16.6. The third-order valence-corrected chi connectivity index (χ3v) is 4.86. The zero-order valence-electron chi connectivity index (χ0n) is 11.4. The monoisotopic (exact) mass is 334 g/mol. The fourth-order valence-corrected chi connectivity index (χ4v) is 2.82. The summed E-state index contributed by atoms with van der Waals surface area (Å²) >= 11 is 5.73. The molecule has 1 aromatic rings. The molecule has 1 saturated carbocycles. The average Bonchev–Trinajstić information content (AvgIpc) is 3.21. The second-order valence-electron chi connectivity index (χ2n) is 5.34. The molecule has 1 aromatic carbocycles. The molecule has 1 amide bonds. The van der Waals surface area contributed by atoms with Gasteiger partial charge in [0.15, 0.2) is 0 Å². The first-order valence-corrected chi connectivity index (χ1v) is 8.42. The second-order valence-corrected chi connectivity index (χ2v) is 7.28. The van der Waals surface area contributed by atoms with Crippen molar-refractivity contribution in [2.45, 2.75) is 24.7 Å². The summed E-state index contributed by atoms with van der Waals surface area (Å²) in [5.41, 5.74) is -0.233. The van der Waals surface area contributed by atoms with Crippen molar-refractivity contribution in [3.63, 3.8) is 0 Å². The van der Waals surface area contributed by atoms with Gasteiger partial charge < -0.3 is 5.32 Å². The van der Waals surface area contributed by atoms with E-state index in [0.29, 0.717) is 24.4 Å². The van der Waals surface area contributed by atoms with Crippen LogP contribution in [-0.4, -0.2) is 20.9 Å². The fourth-order valence-electron chi connectivity index (χ4n) is 2.07. The van der Waals surface area contributed by atoms with Crippen LogP contribution in [-0.2, 0) is 10.0 Å². The largest absolute Gasteiger partial charge is 0.352 e. The van der Waals surface area contributed by atoms with Gasteiger partial charge in [-0.05, 0) is 36.8 Å². The van der Waals surface area contributed by atoms with Crippen molar-refractivity contribution in [1.82, 2.24) is 5.32 Å². The van der Waals surface area contributed by atoms with Gasteiger partial charge in [0.1, 0.15) is 5.82 Å². The Morgan fingerprint density at radius 3 is 2.67 bits per heavy atom. The molecule has 1 unspecified atom stereocenters. The van der Waals surface area contributed by atoms with E-state index in [9.17, 15) is 17.6 Å². The Hall–Kier alpha value is -1.18. The number of nitrogens with two attached hydrogens (primary N) is 1. The first kappa shape index (κ1) is 16.2. The van der Waals surface area contributed by atoms with E-state index in [1.165, 1.54) is 0 Å². The molecule has 0 spiro atoms. The van der Waals surface area contributed by atoms with Crippen LogP contribution in [0.2, 0.25) is 5.02 Å². The highest BCUT2D eigenvalue weighted by Gasteiger charge is 2.28. The van der Waals surface area contributed by atoms with Crippen molar-refractivity contribution >= 4 is 27.5 Å². The maximum absolute atomic E-state index is 13.6. The number of amides is 1. The van der Waals surface area contributed by atoms with Crippen LogP contribution in [0.4, 0.5) is 4.39 Å². The number of nitrogens with one attached hydrogen (secondary N) is 1. The first-order chi connectivity index (χ1) is 9.70. The van der Waals surface area contributed by atoms with Crippen molar-refractivity contribution < 1.29 is 17.6 Å². The summed E-state index contributed by atoms with van der Waals surface area (Å²) in [6.07, 6.45) is 2.29. The van der Waals surface area contributed by atoms with Crippen molar-refractivity contribution in [2.24, 2.45) is 17.0 Å². The molecular weight excluding hydrogens is 319 g/mol. The SMILES string of the molecule is CC(CNC(=O)c1cc(S(N)(=O)=O)cc(F)c1Cl)C1CC1. The molecule has 1 aliphatic rings. The molecule has 0 heterocycles. The number of carbonyl (C=O) groups is 1. The van der Waals surface area contributed by atoms with E-state index in [1.807, 2.05) is 6.92 Å². The smallest absolute Gasteiger partial charge is 0.252 e. The van der Waals surface area contributed by atoms with Gasteiger partial charge in [0.2, 0.25) is 10.0 Å². The first-order valence-electron chi connectivity index (χ1n) is 6.50. The van der Waals surface area contributed by atoms with Crippen molar-refractivity contribution in [3.05, 3.63) is 28.5 Å². The predicted molar refractivity (Wildman–Crippen MR) is 77.0 cm³/mol. The Morgan fingerprint density at radius 1 is 1.52 bits per heavy atom. The van der Waals surface area contributed by atoms with Crippen molar-refractivity contribution in [2.75, 3.05) is 6.54 Å². The lowest BCUT2D eigenvalue weighted by molar-refractivity contribution is 0.0946. The van der Waals surface area contributed by atoms with Gasteiger partial charge in [0, 0.05) is 6.54 Å². The molecule has 1 aliphatic carbocycles. The molecule has 0 aliphatic heterocycles. The topological polar surface area (TPSA) is 89.3 Å². The van der Waals surface area contributed by atoms with Gasteiger partial charge >= 0.3 is 0 Å². The van der Waals surface area contributed by atoms with Gasteiger partial charge in [-0.1, -0.05) is 18.5 Å². The van der Waals surface area contributed by atoms with Crippen LogP contribution in [0, 0.1) is 17.7 Å². The molecule has 0 radical (unpaired) electrons. The van der Waals surface area contributed by atoms with E-state index >= 15 is 0 Å². The van der Waals surface area contributed by atoms with Gasteiger partial charge in [0.05, 0.1) is 15.5 Å². The number of halogens is 2. The van der Waals surface area contributed by atoms with Crippen LogP contribution in [0.25, 0.3) is 0 Å². The number of sulfonamides is 1. The Bertz CT molecular complexity index is 674. The summed E-state index contributed by atoms with van der Waals surface area (Å²) in [7, 11) is -4.11. The summed E-state index contributed by atoms with van der Waals surface area (Å²) in [5, 5.41) is 7.17. The number of benzene rings is 1. The van der Waals surface area contributed by atoms with Crippen molar-refractivity contribution in [3.8, 4) is 0 Å². The summed E-state index contributed by atoms with van der Waals surface area (Å²) in [5.74, 6) is -0.687. The number of rotatable bonds is 5. The summed E-state index contributed by atoms with van der Waals surface area (Å²) in [6.45, 7) is 2.45.